The summed E-state index contributed by atoms with van der Waals surface area (Å²) < 4.78 is 13.1. The summed E-state index contributed by atoms with van der Waals surface area (Å²) in [4.78, 5) is 31.5. The lowest BCUT2D eigenvalue weighted by molar-refractivity contribution is -0.136. The molecule has 0 saturated carbocycles. The predicted molar refractivity (Wildman–Crippen MR) is 120 cm³/mol. The van der Waals surface area contributed by atoms with Crippen molar-refractivity contribution < 1.29 is 14.0 Å². The molecule has 31 heavy (non-hydrogen) atoms. The van der Waals surface area contributed by atoms with E-state index in [0.717, 1.165) is 18.7 Å². The molecule has 5 nitrogen and oxygen atoms in total. The lowest BCUT2D eigenvalue weighted by Crippen LogP contribution is -2.51. The third kappa shape index (κ3) is 4.73. The van der Waals surface area contributed by atoms with Gasteiger partial charge in [0.2, 0.25) is 11.8 Å². The second-order valence-corrected chi connectivity index (χ2v) is 8.65. The van der Waals surface area contributed by atoms with Crippen LogP contribution in [0.15, 0.2) is 42.5 Å². The molecule has 0 radical (unpaired) electrons. The summed E-state index contributed by atoms with van der Waals surface area (Å²) in [7, 11) is 0. The fourth-order valence-electron chi connectivity index (χ4n) is 4.57. The first-order valence-electron chi connectivity index (χ1n) is 11.0. The predicted octanol–water partition coefficient (Wildman–Crippen LogP) is 3.18. The molecule has 0 bridgehead atoms. The molecule has 2 heterocycles. The third-order valence-electron chi connectivity index (χ3n) is 6.66. The van der Waals surface area contributed by atoms with Crippen molar-refractivity contribution in [3.8, 4) is 0 Å². The number of piperazine rings is 1. The van der Waals surface area contributed by atoms with Gasteiger partial charge in [-0.25, -0.2) is 4.39 Å². The Kier molecular flexibility index (Phi) is 6.25. The highest BCUT2D eigenvalue weighted by molar-refractivity contribution is 5.89. The number of likely N-dealkylation sites (tertiary alicyclic amines) is 1. The molecule has 6 heteroatoms. The Morgan fingerprint density at radius 2 is 1.74 bits per heavy atom. The van der Waals surface area contributed by atoms with Gasteiger partial charge in [-0.05, 0) is 55.2 Å². The molecule has 2 saturated heterocycles. The smallest absolute Gasteiger partial charge is 0.228 e. The number of amides is 2. The standard InChI is InChI=1S/C25H30FN3O2/c1-18-4-3-5-23(19(18)2)27-12-14-28(15-13-27)25(31)21-16-24(30)29(17-21)11-10-20-6-8-22(26)9-7-20/h3-9,21H,10-17H2,1-2H3/t21-/m1/s1. The monoisotopic (exact) mass is 423 g/mol. The number of halogens is 1. The van der Waals surface area contributed by atoms with Gasteiger partial charge in [0.25, 0.3) is 0 Å². The van der Waals surface area contributed by atoms with Crippen molar-refractivity contribution in [1.29, 1.82) is 0 Å². The Morgan fingerprint density at radius 3 is 2.45 bits per heavy atom. The van der Waals surface area contributed by atoms with Crippen molar-refractivity contribution in [1.82, 2.24) is 9.80 Å². The minimum atomic E-state index is -0.260. The van der Waals surface area contributed by atoms with Crippen LogP contribution < -0.4 is 4.90 Å². The Labute approximate surface area is 183 Å². The molecule has 4 rings (SSSR count). The first-order valence-corrected chi connectivity index (χ1v) is 11.0. The maximum Gasteiger partial charge on any atom is 0.228 e. The van der Waals surface area contributed by atoms with Crippen molar-refractivity contribution in [2.45, 2.75) is 26.7 Å². The molecule has 0 N–H and O–H groups in total. The topological polar surface area (TPSA) is 43.9 Å². The number of anilines is 1. The Bertz CT molecular complexity index is 952. The summed E-state index contributed by atoms with van der Waals surface area (Å²) in [6, 6.07) is 12.7. The fourth-order valence-corrected chi connectivity index (χ4v) is 4.57. The van der Waals surface area contributed by atoms with E-state index in [4.69, 9.17) is 0 Å². The van der Waals surface area contributed by atoms with E-state index in [1.165, 1.54) is 28.9 Å². The SMILES string of the molecule is Cc1cccc(N2CCN(C(=O)[C@@H]3CC(=O)N(CCc4ccc(F)cc4)C3)CC2)c1C. The Morgan fingerprint density at radius 1 is 1.03 bits per heavy atom. The molecule has 0 aromatic heterocycles. The van der Waals surface area contributed by atoms with Crippen LogP contribution in [0.2, 0.25) is 0 Å². The zero-order chi connectivity index (χ0) is 22.0. The van der Waals surface area contributed by atoms with Crippen molar-refractivity contribution in [2.24, 2.45) is 5.92 Å². The molecule has 0 spiro atoms. The highest BCUT2D eigenvalue weighted by Gasteiger charge is 2.37. The molecule has 2 aromatic carbocycles. The van der Waals surface area contributed by atoms with E-state index in [2.05, 4.69) is 36.9 Å². The number of carbonyl (C=O) groups excluding carboxylic acids is 2. The number of hydrogen-bond donors (Lipinski definition) is 0. The van der Waals surface area contributed by atoms with Crippen LogP contribution in [0.4, 0.5) is 10.1 Å². The van der Waals surface area contributed by atoms with E-state index in [1.54, 1.807) is 17.0 Å². The van der Waals surface area contributed by atoms with Crippen LogP contribution in [0.25, 0.3) is 0 Å². The van der Waals surface area contributed by atoms with Gasteiger partial charge in [0, 0.05) is 51.4 Å². The molecule has 2 aliphatic rings. The first kappa shape index (κ1) is 21.3. The summed E-state index contributed by atoms with van der Waals surface area (Å²) in [6.45, 7) is 8.31. The number of rotatable bonds is 5. The molecular formula is C25H30FN3O2. The average molecular weight is 424 g/mol. The Balaban J connectivity index is 1.29. The van der Waals surface area contributed by atoms with Gasteiger partial charge in [-0.1, -0.05) is 24.3 Å². The van der Waals surface area contributed by atoms with Crippen LogP contribution in [0, 0.1) is 25.6 Å². The molecule has 2 amide bonds. The first-order chi connectivity index (χ1) is 14.9. The zero-order valence-corrected chi connectivity index (χ0v) is 18.3. The highest BCUT2D eigenvalue weighted by atomic mass is 19.1. The van der Waals surface area contributed by atoms with Gasteiger partial charge in [0.05, 0.1) is 5.92 Å². The minimum absolute atomic E-state index is 0.0366. The van der Waals surface area contributed by atoms with Gasteiger partial charge < -0.3 is 14.7 Å². The van der Waals surface area contributed by atoms with Crippen LogP contribution in [0.3, 0.4) is 0 Å². The van der Waals surface area contributed by atoms with Crippen molar-refractivity contribution in [3.63, 3.8) is 0 Å². The van der Waals surface area contributed by atoms with Crippen LogP contribution in [0.5, 0.6) is 0 Å². The lowest BCUT2D eigenvalue weighted by Gasteiger charge is -2.38. The van der Waals surface area contributed by atoms with Gasteiger partial charge in [-0.3, -0.25) is 9.59 Å². The molecule has 2 aromatic rings. The quantitative estimate of drug-likeness (QED) is 0.742. The van der Waals surface area contributed by atoms with E-state index in [1.807, 2.05) is 4.90 Å². The second kappa shape index (κ2) is 9.08. The van der Waals surface area contributed by atoms with Crippen molar-refractivity contribution >= 4 is 17.5 Å². The molecule has 164 valence electrons. The Hall–Kier alpha value is -2.89. The molecule has 2 aliphatic heterocycles. The van der Waals surface area contributed by atoms with E-state index in [9.17, 15) is 14.0 Å². The molecule has 0 unspecified atom stereocenters. The minimum Gasteiger partial charge on any atom is -0.368 e. The molecular weight excluding hydrogens is 393 g/mol. The van der Waals surface area contributed by atoms with Gasteiger partial charge in [-0.15, -0.1) is 0 Å². The number of carbonyl (C=O) groups is 2. The molecule has 1 atom stereocenters. The number of aryl methyl sites for hydroxylation is 1. The van der Waals surface area contributed by atoms with Crippen LogP contribution in [0.1, 0.15) is 23.1 Å². The summed E-state index contributed by atoms with van der Waals surface area (Å²) in [5.74, 6) is -0.384. The van der Waals surface area contributed by atoms with Crippen LogP contribution in [-0.2, 0) is 16.0 Å². The van der Waals surface area contributed by atoms with Gasteiger partial charge in [0.1, 0.15) is 5.82 Å². The summed E-state index contributed by atoms with van der Waals surface area (Å²) in [5, 5.41) is 0. The fraction of sp³-hybridized carbons (Fsp3) is 0.440. The number of benzene rings is 2. The van der Waals surface area contributed by atoms with E-state index in [-0.39, 0.29) is 23.5 Å². The summed E-state index contributed by atoms with van der Waals surface area (Å²) in [5.41, 5.74) is 4.81. The molecule has 2 fully saturated rings. The van der Waals surface area contributed by atoms with Crippen LogP contribution in [-0.4, -0.2) is 60.9 Å². The van der Waals surface area contributed by atoms with Gasteiger partial charge in [-0.2, -0.15) is 0 Å². The van der Waals surface area contributed by atoms with E-state index in [0.29, 0.717) is 39.0 Å². The average Bonchev–Trinajstić information content (AvgIpc) is 3.15. The second-order valence-electron chi connectivity index (χ2n) is 8.65. The van der Waals surface area contributed by atoms with Gasteiger partial charge >= 0.3 is 0 Å². The summed E-state index contributed by atoms with van der Waals surface area (Å²) >= 11 is 0. The van der Waals surface area contributed by atoms with E-state index < -0.39 is 0 Å². The van der Waals surface area contributed by atoms with Crippen molar-refractivity contribution in [3.05, 3.63) is 65.0 Å². The van der Waals surface area contributed by atoms with E-state index >= 15 is 0 Å². The van der Waals surface area contributed by atoms with Crippen LogP contribution >= 0.6 is 0 Å². The number of nitrogens with zero attached hydrogens (tertiary/aromatic N) is 3. The lowest BCUT2D eigenvalue weighted by atomic mass is 10.1. The normalized spacial score (nSPS) is 19.3. The largest absolute Gasteiger partial charge is 0.368 e. The van der Waals surface area contributed by atoms with Crippen molar-refractivity contribution in [2.75, 3.05) is 44.2 Å². The third-order valence-corrected chi connectivity index (χ3v) is 6.66. The maximum absolute atomic E-state index is 13.1. The maximum atomic E-state index is 13.1. The summed E-state index contributed by atoms with van der Waals surface area (Å²) in [6.07, 6.45) is 0.959. The number of hydrogen-bond acceptors (Lipinski definition) is 3. The highest BCUT2D eigenvalue weighted by Crippen LogP contribution is 2.26. The zero-order valence-electron chi connectivity index (χ0n) is 18.3. The molecule has 0 aliphatic carbocycles. The van der Waals surface area contributed by atoms with Gasteiger partial charge in [0.15, 0.2) is 0 Å².